The second-order valence-corrected chi connectivity index (χ2v) is 3.86. The molecule has 0 saturated heterocycles. The highest BCUT2D eigenvalue weighted by molar-refractivity contribution is 5.79. The van der Waals surface area contributed by atoms with Crippen molar-refractivity contribution in [2.75, 3.05) is 19.0 Å². The topological polar surface area (TPSA) is 102 Å². The summed E-state index contributed by atoms with van der Waals surface area (Å²) in [4.78, 5) is 20.7. The van der Waals surface area contributed by atoms with Crippen LogP contribution in [0.25, 0.3) is 0 Å². The first-order chi connectivity index (χ1) is 9.36. The number of carboxylic acid groups (broad SMARTS) is 1. The number of nitrogens with zero attached hydrogens (tertiary/aromatic N) is 1. The molecule has 1 aromatic rings. The van der Waals surface area contributed by atoms with Crippen LogP contribution in [0.2, 0.25) is 0 Å². The van der Waals surface area contributed by atoms with E-state index in [1.165, 1.54) is 7.11 Å². The van der Waals surface area contributed by atoms with Gasteiger partial charge >= 0.3 is 11.7 Å². The lowest BCUT2D eigenvalue weighted by Crippen LogP contribution is -2.31. The van der Waals surface area contributed by atoms with Crippen molar-refractivity contribution in [1.82, 2.24) is 0 Å². The first-order valence-electron chi connectivity index (χ1n) is 5.48. The van der Waals surface area contributed by atoms with Crippen molar-refractivity contribution in [3.05, 3.63) is 33.9 Å². The molecule has 1 unspecified atom stereocenters. The molecule has 0 fully saturated rings. The van der Waals surface area contributed by atoms with Crippen molar-refractivity contribution >= 4 is 17.3 Å². The van der Waals surface area contributed by atoms with Crippen molar-refractivity contribution in [3.8, 4) is 0 Å². The molecule has 0 aromatic heterocycles. The van der Waals surface area contributed by atoms with Gasteiger partial charge in [0.1, 0.15) is 17.5 Å². The third-order valence-electron chi connectivity index (χ3n) is 2.45. The highest BCUT2D eigenvalue weighted by Crippen LogP contribution is 2.29. The van der Waals surface area contributed by atoms with Crippen molar-refractivity contribution < 1.29 is 28.3 Å². The average Bonchev–Trinajstić information content (AvgIpc) is 2.32. The Morgan fingerprint density at radius 3 is 2.70 bits per heavy atom. The van der Waals surface area contributed by atoms with Gasteiger partial charge in [-0.25, -0.2) is 9.18 Å². The molecular formula is C11H12F2N2O5. The van der Waals surface area contributed by atoms with Crippen LogP contribution >= 0.6 is 0 Å². The van der Waals surface area contributed by atoms with Crippen LogP contribution in [-0.4, -0.2) is 35.8 Å². The number of anilines is 1. The summed E-state index contributed by atoms with van der Waals surface area (Å²) >= 11 is 0. The number of nitro benzene ring substituents is 1. The third kappa shape index (κ3) is 3.85. The summed E-state index contributed by atoms with van der Waals surface area (Å²) in [6.45, 7) is 0.0650. The zero-order valence-corrected chi connectivity index (χ0v) is 10.4. The fraction of sp³-hybridized carbons (Fsp3) is 0.364. The van der Waals surface area contributed by atoms with Crippen LogP contribution in [0.15, 0.2) is 12.1 Å². The second kappa shape index (κ2) is 6.75. The maximum atomic E-state index is 13.4. The number of benzene rings is 1. The maximum Gasteiger partial charge on any atom is 0.327 e. The highest BCUT2D eigenvalue weighted by atomic mass is 19.1. The fourth-order valence-corrected chi connectivity index (χ4v) is 1.54. The van der Waals surface area contributed by atoms with Crippen molar-refractivity contribution in [3.63, 3.8) is 0 Å². The molecule has 2 N–H and O–H groups in total. The zero-order chi connectivity index (χ0) is 15.3. The number of methoxy groups -OCH3 is 1. The lowest BCUT2D eigenvalue weighted by atomic mass is 10.1. The van der Waals surface area contributed by atoms with Gasteiger partial charge in [-0.05, 0) is 0 Å². The summed E-state index contributed by atoms with van der Waals surface area (Å²) in [5, 5.41) is 21.9. The van der Waals surface area contributed by atoms with Gasteiger partial charge in [-0.15, -0.1) is 0 Å². The summed E-state index contributed by atoms with van der Waals surface area (Å²) in [6.07, 6.45) is -0.0267. The van der Waals surface area contributed by atoms with Crippen molar-refractivity contribution in [2.24, 2.45) is 0 Å². The van der Waals surface area contributed by atoms with E-state index in [1.54, 1.807) is 0 Å². The molecule has 0 heterocycles. The number of hydrogen-bond acceptors (Lipinski definition) is 5. The van der Waals surface area contributed by atoms with Gasteiger partial charge in [0.15, 0.2) is 0 Å². The standard InChI is InChI=1S/C11H12F2N2O5/c1-20-3-2-8(11(16)17)14-9-5-6(12)4-7(13)10(9)15(18)19/h4-5,8,14H,2-3H2,1H3,(H,16,17). The quantitative estimate of drug-likeness (QED) is 0.586. The Hall–Kier alpha value is -2.29. The third-order valence-corrected chi connectivity index (χ3v) is 2.45. The molecule has 0 aliphatic heterocycles. The van der Waals surface area contributed by atoms with Crippen LogP contribution in [0.5, 0.6) is 0 Å². The molecular weight excluding hydrogens is 278 g/mol. The Labute approximate surface area is 112 Å². The number of rotatable bonds is 7. The largest absolute Gasteiger partial charge is 0.480 e. The van der Waals surface area contributed by atoms with E-state index in [-0.39, 0.29) is 13.0 Å². The van der Waals surface area contributed by atoms with Gasteiger partial charge in [-0.3, -0.25) is 10.1 Å². The number of aliphatic carboxylic acids is 1. The minimum atomic E-state index is -1.38. The van der Waals surface area contributed by atoms with Gasteiger partial charge in [0.2, 0.25) is 5.82 Å². The Bertz CT molecular complexity index is 524. The van der Waals surface area contributed by atoms with E-state index in [4.69, 9.17) is 9.84 Å². The van der Waals surface area contributed by atoms with Crippen molar-refractivity contribution in [2.45, 2.75) is 12.5 Å². The predicted molar refractivity (Wildman–Crippen MR) is 64.6 cm³/mol. The Morgan fingerprint density at radius 1 is 1.55 bits per heavy atom. The molecule has 0 spiro atoms. The number of nitrogens with one attached hydrogen (secondary N) is 1. The number of carbonyl (C=O) groups is 1. The van der Waals surface area contributed by atoms with Crippen LogP contribution in [0.4, 0.5) is 20.2 Å². The van der Waals surface area contributed by atoms with E-state index in [9.17, 15) is 23.7 Å². The smallest absolute Gasteiger partial charge is 0.327 e. The van der Waals surface area contributed by atoms with Gasteiger partial charge in [-0.2, -0.15) is 4.39 Å². The summed E-state index contributed by atoms with van der Waals surface area (Å²) < 4.78 is 31.2. The molecule has 1 rings (SSSR count). The Morgan fingerprint density at radius 2 is 2.20 bits per heavy atom. The first kappa shape index (κ1) is 15.8. The molecule has 110 valence electrons. The number of ether oxygens (including phenoxy) is 1. The summed E-state index contributed by atoms with van der Waals surface area (Å²) in [6, 6.07) is -0.243. The van der Waals surface area contributed by atoms with E-state index in [0.29, 0.717) is 12.1 Å². The zero-order valence-electron chi connectivity index (χ0n) is 10.4. The fourth-order valence-electron chi connectivity index (χ4n) is 1.54. The average molecular weight is 290 g/mol. The van der Waals surface area contributed by atoms with Crippen LogP contribution in [0.3, 0.4) is 0 Å². The van der Waals surface area contributed by atoms with E-state index in [2.05, 4.69) is 5.32 Å². The molecule has 7 nitrogen and oxygen atoms in total. The summed E-state index contributed by atoms with van der Waals surface area (Å²) in [5.41, 5.74) is -1.54. The Balaban J connectivity index is 3.11. The van der Waals surface area contributed by atoms with Crippen LogP contribution in [-0.2, 0) is 9.53 Å². The number of carboxylic acids is 1. The molecule has 0 bridgehead atoms. The van der Waals surface area contributed by atoms with Crippen LogP contribution in [0.1, 0.15) is 6.42 Å². The van der Waals surface area contributed by atoms with E-state index >= 15 is 0 Å². The molecule has 9 heteroatoms. The van der Waals surface area contributed by atoms with E-state index in [1.807, 2.05) is 0 Å². The summed E-state index contributed by atoms with van der Waals surface area (Å²) in [7, 11) is 1.35. The molecule has 0 saturated carbocycles. The van der Waals surface area contributed by atoms with Gasteiger partial charge < -0.3 is 15.2 Å². The second-order valence-electron chi connectivity index (χ2n) is 3.86. The molecule has 20 heavy (non-hydrogen) atoms. The molecule has 0 amide bonds. The SMILES string of the molecule is COCCC(Nc1cc(F)cc(F)c1[N+](=O)[O-])C(=O)O. The van der Waals surface area contributed by atoms with Gasteiger partial charge in [0.25, 0.3) is 0 Å². The van der Waals surface area contributed by atoms with E-state index < -0.39 is 39.9 Å². The van der Waals surface area contributed by atoms with Crippen LogP contribution in [0, 0.1) is 21.7 Å². The molecule has 1 atom stereocenters. The Kier molecular flexibility index (Phi) is 5.32. The normalized spacial score (nSPS) is 11.9. The maximum absolute atomic E-state index is 13.4. The number of halogens is 2. The molecule has 0 aliphatic rings. The monoisotopic (exact) mass is 290 g/mol. The molecule has 0 aliphatic carbocycles. The lowest BCUT2D eigenvalue weighted by Gasteiger charge is -2.15. The number of nitro groups is 1. The predicted octanol–water partition coefficient (Wildman–Crippen LogP) is 1.77. The minimum absolute atomic E-state index is 0.0267. The minimum Gasteiger partial charge on any atom is -0.480 e. The highest BCUT2D eigenvalue weighted by Gasteiger charge is 2.26. The van der Waals surface area contributed by atoms with Crippen LogP contribution < -0.4 is 5.32 Å². The van der Waals surface area contributed by atoms with Gasteiger partial charge in [-0.1, -0.05) is 0 Å². The van der Waals surface area contributed by atoms with Gasteiger partial charge in [0, 0.05) is 32.3 Å². The first-order valence-corrected chi connectivity index (χ1v) is 5.48. The molecule has 0 radical (unpaired) electrons. The van der Waals surface area contributed by atoms with Crippen molar-refractivity contribution in [1.29, 1.82) is 0 Å². The lowest BCUT2D eigenvalue weighted by molar-refractivity contribution is -0.386. The molecule has 1 aromatic carbocycles. The number of hydrogen-bond donors (Lipinski definition) is 2. The van der Waals surface area contributed by atoms with E-state index in [0.717, 1.165) is 0 Å². The van der Waals surface area contributed by atoms with Gasteiger partial charge in [0.05, 0.1) is 4.92 Å². The summed E-state index contributed by atoms with van der Waals surface area (Å²) in [5.74, 6) is -3.75.